The molecule has 0 aliphatic rings. The molecule has 0 saturated heterocycles. The molecule has 3 heteroatoms. The van der Waals surface area contributed by atoms with Crippen LogP contribution in [0.4, 0.5) is 0 Å². The molecule has 0 radical (unpaired) electrons. The van der Waals surface area contributed by atoms with Crippen molar-refractivity contribution in [2.24, 2.45) is 0 Å². The molecule has 0 bridgehead atoms. The molecule has 0 aliphatic carbocycles. The summed E-state index contributed by atoms with van der Waals surface area (Å²) in [6, 6.07) is 0. The third-order valence-electron chi connectivity index (χ3n) is 1.69. The van der Waals surface area contributed by atoms with Gasteiger partial charge in [0.25, 0.3) is 0 Å². The summed E-state index contributed by atoms with van der Waals surface area (Å²) < 4.78 is 0. The van der Waals surface area contributed by atoms with E-state index in [4.69, 9.17) is 0 Å². The predicted molar refractivity (Wildman–Crippen MR) is 48.1 cm³/mol. The molecule has 0 heterocycles. The molecule has 0 aromatic carbocycles. The van der Waals surface area contributed by atoms with Crippen LogP contribution in [0.25, 0.3) is 0 Å². The number of hydrogen-bond acceptors (Lipinski definition) is 3. The van der Waals surface area contributed by atoms with Crippen molar-refractivity contribution in [3.8, 4) is 0 Å². The number of carbonyl (C=O) groups excluding carboxylic acids is 2. The molecule has 0 rings (SSSR count). The molecule has 3 nitrogen and oxygen atoms in total. The van der Waals surface area contributed by atoms with Gasteiger partial charge in [-0.25, -0.2) is 0 Å². The summed E-state index contributed by atoms with van der Waals surface area (Å²) >= 11 is 0. The van der Waals surface area contributed by atoms with Crippen LogP contribution in [0, 0.1) is 0 Å². The van der Waals surface area contributed by atoms with Crippen molar-refractivity contribution < 1.29 is 9.59 Å². The molecule has 0 aliphatic heterocycles. The highest BCUT2D eigenvalue weighted by Crippen LogP contribution is 1.91. The average molecular weight is 171 g/mol. The first-order chi connectivity index (χ1) is 5.52. The first kappa shape index (κ1) is 11.3. The van der Waals surface area contributed by atoms with Gasteiger partial charge in [-0.1, -0.05) is 0 Å². The van der Waals surface area contributed by atoms with Gasteiger partial charge >= 0.3 is 0 Å². The summed E-state index contributed by atoms with van der Waals surface area (Å²) in [7, 11) is 1.92. The minimum absolute atomic E-state index is 0.199. The molecule has 0 saturated carbocycles. The molecule has 0 amide bonds. The van der Waals surface area contributed by atoms with Crippen LogP contribution in [0.2, 0.25) is 0 Å². The van der Waals surface area contributed by atoms with Crippen molar-refractivity contribution in [1.82, 2.24) is 4.90 Å². The van der Waals surface area contributed by atoms with Crippen molar-refractivity contribution in [3.05, 3.63) is 0 Å². The van der Waals surface area contributed by atoms with E-state index in [1.807, 2.05) is 11.9 Å². The molecule has 12 heavy (non-hydrogen) atoms. The molecule has 0 N–H and O–H groups in total. The number of ketones is 2. The minimum Gasteiger partial charge on any atom is -0.305 e. The Kier molecular flexibility index (Phi) is 5.54. The summed E-state index contributed by atoms with van der Waals surface area (Å²) in [5.74, 6) is 0.398. The van der Waals surface area contributed by atoms with Crippen LogP contribution < -0.4 is 0 Å². The Morgan fingerprint density at radius 1 is 1.00 bits per heavy atom. The largest absolute Gasteiger partial charge is 0.305 e. The summed E-state index contributed by atoms with van der Waals surface area (Å²) in [5, 5.41) is 0. The molecule has 0 atom stereocenters. The van der Waals surface area contributed by atoms with Gasteiger partial charge in [0.15, 0.2) is 0 Å². The van der Waals surface area contributed by atoms with E-state index in [0.717, 1.165) is 13.1 Å². The molecule has 70 valence electrons. The van der Waals surface area contributed by atoms with Gasteiger partial charge in [0.05, 0.1) is 0 Å². The average Bonchev–Trinajstić information content (AvgIpc) is 1.96. The summed E-state index contributed by atoms with van der Waals surface area (Å²) in [6.45, 7) is 4.67. The van der Waals surface area contributed by atoms with Gasteiger partial charge in [0.1, 0.15) is 11.6 Å². The van der Waals surface area contributed by atoms with E-state index in [-0.39, 0.29) is 11.6 Å². The maximum Gasteiger partial charge on any atom is 0.131 e. The highest BCUT2D eigenvalue weighted by Gasteiger charge is 2.01. The number of nitrogens with zero attached hydrogens (tertiary/aromatic N) is 1. The molecule has 0 aromatic rings. The zero-order valence-corrected chi connectivity index (χ0v) is 8.09. The van der Waals surface area contributed by atoms with Crippen molar-refractivity contribution in [2.45, 2.75) is 26.7 Å². The van der Waals surface area contributed by atoms with Crippen LogP contribution in [-0.4, -0.2) is 36.6 Å². The molecule has 0 spiro atoms. The fourth-order valence-electron chi connectivity index (χ4n) is 0.808. The van der Waals surface area contributed by atoms with E-state index in [2.05, 4.69) is 0 Å². The first-order valence-corrected chi connectivity index (χ1v) is 4.20. The topological polar surface area (TPSA) is 37.4 Å². The monoisotopic (exact) mass is 171 g/mol. The normalized spacial score (nSPS) is 10.3. The SMILES string of the molecule is CC(=O)CCN(C)CCC(C)=O. The fraction of sp³-hybridized carbons (Fsp3) is 0.778. The second-order valence-corrected chi connectivity index (χ2v) is 3.21. The van der Waals surface area contributed by atoms with E-state index in [9.17, 15) is 9.59 Å². The van der Waals surface area contributed by atoms with Gasteiger partial charge in [0, 0.05) is 25.9 Å². The molecular formula is C9H17NO2. The fourth-order valence-corrected chi connectivity index (χ4v) is 0.808. The third kappa shape index (κ3) is 7.41. The van der Waals surface area contributed by atoms with Gasteiger partial charge in [-0.2, -0.15) is 0 Å². The second-order valence-electron chi connectivity index (χ2n) is 3.21. The highest BCUT2D eigenvalue weighted by molar-refractivity contribution is 5.76. The maximum atomic E-state index is 10.6. The Labute approximate surface area is 73.7 Å². The molecule has 0 fully saturated rings. The first-order valence-electron chi connectivity index (χ1n) is 4.20. The van der Waals surface area contributed by atoms with Crippen LogP contribution >= 0.6 is 0 Å². The smallest absolute Gasteiger partial charge is 0.131 e. The molecule has 0 unspecified atom stereocenters. The van der Waals surface area contributed by atoms with Gasteiger partial charge in [0.2, 0.25) is 0 Å². The van der Waals surface area contributed by atoms with Crippen LogP contribution in [0.1, 0.15) is 26.7 Å². The number of hydrogen-bond donors (Lipinski definition) is 0. The molecular weight excluding hydrogens is 154 g/mol. The lowest BCUT2D eigenvalue weighted by atomic mass is 10.2. The van der Waals surface area contributed by atoms with E-state index >= 15 is 0 Å². The van der Waals surface area contributed by atoms with Crippen molar-refractivity contribution >= 4 is 11.6 Å². The summed E-state index contributed by atoms with van der Waals surface area (Å²) in [5.41, 5.74) is 0. The summed E-state index contributed by atoms with van der Waals surface area (Å²) in [4.78, 5) is 23.2. The predicted octanol–water partition coefficient (Wildman–Crippen LogP) is 0.876. The van der Waals surface area contributed by atoms with Crippen molar-refractivity contribution in [3.63, 3.8) is 0 Å². The lowest BCUT2D eigenvalue weighted by Gasteiger charge is -2.13. The Morgan fingerprint density at radius 3 is 1.58 bits per heavy atom. The number of Topliss-reactive ketones (excluding diaryl/α,β-unsaturated/α-hetero) is 2. The zero-order valence-electron chi connectivity index (χ0n) is 8.09. The van der Waals surface area contributed by atoms with Gasteiger partial charge in [-0.3, -0.25) is 9.59 Å². The van der Waals surface area contributed by atoms with Crippen LogP contribution in [0.5, 0.6) is 0 Å². The second kappa shape index (κ2) is 5.89. The zero-order chi connectivity index (χ0) is 9.56. The summed E-state index contributed by atoms with van der Waals surface area (Å²) in [6.07, 6.45) is 1.16. The Morgan fingerprint density at radius 2 is 1.33 bits per heavy atom. The van der Waals surface area contributed by atoms with Gasteiger partial charge in [-0.15, -0.1) is 0 Å². The van der Waals surface area contributed by atoms with Crippen molar-refractivity contribution in [2.75, 3.05) is 20.1 Å². The Hall–Kier alpha value is -0.700. The number of rotatable bonds is 6. The highest BCUT2D eigenvalue weighted by atomic mass is 16.1. The van der Waals surface area contributed by atoms with E-state index in [1.54, 1.807) is 13.8 Å². The minimum atomic E-state index is 0.199. The number of carbonyl (C=O) groups is 2. The maximum absolute atomic E-state index is 10.6. The quantitative estimate of drug-likeness (QED) is 0.595. The Balaban J connectivity index is 3.39. The van der Waals surface area contributed by atoms with Gasteiger partial charge in [-0.05, 0) is 20.9 Å². The van der Waals surface area contributed by atoms with Crippen LogP contribution in [0.15, 0.2) is 0 Å². The van der Waals surface area contributed by atoms with Crippen LogP contribution in [-0.2, 0) is 9.59 Å². The standard InChI is InChI=1S/C9H17NO2/c1-8(11)4-6-10(3)7-5-9(2)12/h4-7H2,1-3H3. The molecule has 0 aromatic heterocycles. The van der Waals surface area contributed by atoms with Gasteiger partial charge < -0.3 is 4.90 Å². The van der Waals surface area contributed by atoms with Crippen LogP contribution in [0.3, 0.4) is 0 Å². The van der Waals surface area contributed by atoms with E-state index in [0.29, 0.717) is 12.8 Å². The van der Waals surface area contributed by atoms with E-state index < -0.39 is 0 Å². The Bertz CT molecular complexity index is 148. The lowest BCUT2D eigenvalue weighted by Crippen LogP contribution is -2.23. The van der Waals surface area contributed by atoms with E-state index in [1.165, 1.54) is 0 Å². The third-order valence-corrected chi connectivity index (χ3v) is 1.69. The van der Waals surface area contributed by atoms with Crippen molar-refractivity contribution in [1.29, 1.82) is 0 Å². The lowest BCUT2D eigenvalue weighted by molar-refractivity contribution is -0.117.